The molecule has 4 nitrogen and oxygen atoms in total. The van der Waals surface area contributed by atoms with Gasteiger partial charge < -0.3 is 10.0 Å². The lowest BCUT2D eigenvalue weighted by molar-refractivity contribution is 0.226. The van der Waals surface area contributed by atoms with Crippen LogP contribution in [0.15, 0.2) is 30.5 Å². The van der Waals surface area contributed by atoms with Gasteiger partial charge in [0.2, 0.25) is 0 Å². The number of rotatable bonds is 2. The Bertz CT molecular complexity index is 630. The lowest BCUT2D eigenvalue weighted by Gasteiger charge is -2.42. The number of pyridine rings is 1. The molecule has 1 saturated heterocycles. The van der Waals surface area contributed by atoms with Crippen molar-refractivity contribution >= 4 is 16.5 Å². The van der Waals surface area contributed by atoms with Crippen LogP contribution in [-0.2, 0) is 0 Å². The van der Waals surface area contributed by atoms with E-state index in [2.05, 4.69) is 22.0 Å². The number of fused-ring (bicyclic) bond motifs is 1. The van der Waals surface area contributed by atoms with Crippen LogP contribution in [0.25, 0.3) is 10.8 Å². The second-order valence-electron chi connectivity index (χ2n) is 4.50. The third kappa shape index (κ3) is 1.60. The molecule has 0 spiro atoms. The summed E-state index contributed by atoms with van der Waals surface area (Å²) in [7, 11) is 0. The molecule has 1 aliphatic heterocycles. The Labute approximate surface area is 105 Å². The number of aliphatic hydroxyl groups excluding tert-OH is 1. The molecule has 0 bridgehead atoms. The summed E-state index contributed by atoms with van der Waals surface area (Å²) in [5.41, 5.74) is 1.56. The Balaban J connectivity index is 2.05. The zero-order chi connectivity index (χ0) is 12.5. The van der Waals surface area contributed by atoms with Gasteiger partial charge in [-0.3, -0.25) is 0 Å². The topological polar surface area (TPSA) is 60.2 Å². The molecule has 0 unspecified atom stereocenters. The fourth-order valence-corrected chi connectivity index (χ4v) is 2.40. The molecule has 2 heterocycles. The lowest BCUT2D eigenvalue weighted by atomic mass is 10.0. The van der Waals surface area contributed by atoms with E-state index < -0.39 is 0 Å². The van der Waals surface area contributed by atoms with Gasteiger partial charge in [-0.05, 0) is 36.1 Å². The van der Waals surface area contributed by atoms with Crippen molar-refractivity contribution in [3.8, 4) is 6.07 Å². The fourth-order valence-electron chi connectivity index (χ4n) is 2.40. The molecular formula is C14H13N3O. The highest BCUT2D eigenvalue weighted by molar-refractivity contribution is 5.89. The standard InChI is InChI=1S/C14H13N3O/c15-8-14-13-2-1-11(7-10(13)3-5-16-14)17-6-4-12(17)9-18/h1-3,5,7,12,18H,4,6,9H2/t12-/m1/s1. The second-order valence-corrected chi connectivity index (χ2v) is 4.50. The summed E-state index contributed by atoms with van der Waals surface area (Å²) < 4.78 is 0. The molecule has 3 rings (SSSR count). The molecule has 0 radical (unpaired) electrons. The van der Waals surface area contributed by atoms with Crippen molar-refractivity contribution in [3.63, 3.8) is 0 Å². The number of hydrogen-bond donors (Lipinski definition) is 1. The minimum atomic E-state index is 0.192. The average Bonchev–Trinajstić information content (AvgIpc) is 2.37. The Morgan fingerprint density at radius 3 is 3.00 bits per heavy atom. The van der Waals surface area contributed by atoms with E-state index >= 15 is 0 Å². The van der Waals surface area contributed by atoms with Crippen LogP contribution in [0, 0.1) is 11.3 Å². The molecule has 1 fully saturated rings. The van der Waals surface area contributed by atoms with Crippen LogP contribution in [0.3, 0.4) is 0 Å². The Morgan fingerprint density at radius 2 is 2.33 bits per heavy atom. The zero-order valence-electron chi connectivity index (χ0n) is 9.87. The maximum atomic E-state index is 9.22. The summed E-state index contributed by atoms with van der Waals surface area (Å²) in [5.74, 6) is 0. The minimum absolute atomic E-state index is 0.192. The van der Waals surface area contributed by atoms with Crippen LogP contribution in [0.4, 0.5) is 5.69 Å². The molecule has 1 N–H and O–H groups in total. The fraction of sp³-hybridized carbons (Fsp3) is 0.286. The number of nitrogens with zero attached hydrogens (tertiary/aromatic N) is 3. The number of nitriles is 1. The summed E-state index contributed by atoms with van der Waals surface area (Å²) >= 11 is 0. The Morgan fingerprint density at radius 1 is 1.44 bits per heavy atom. The summed E-state index contributed by atoms with van der Waals surface area (Å²) in [6.45, 7) is 1.17. The zero-order valence-corrected chi connectivity index (χ0v) is 9.87. The van der Waals surface area contributed by atoms with Crippen LogP contribution in [0.1, 0.15) is 12.1 Å². The van der Waals surface area contributed by atoms with Gasteiger partial charge in [-0.25, -0.2) is 4.98 Å². The van der Waals surface area contributed by atoms with Crippen LogP contribution in [0.2, 0.25) is 0 Å². The number of aromatic nitrogens is 1. The van der Waals surface area contributed by atoms with E-state index in [0.29, 0.717) is 5.69 Å². The van der Waals surface area contributed by atoms with Crippen LogP contribution in [0.5, 0.6) is 0 Å². The van der Waals surface area contributed by atoms with E-state index in [1.807, 2.05) is 18.2 Å². The van der Waals surface area contributed by atoms with E-state index in [1.165, 1.54) is 0 Å². The van der Waals surface area contributed by atoms with Gasteiger partial charge in [0.05, 0.1) is 12.6 Å². The van der Waals surface area contributed by atoms with Crippen molar-refractivity contribution in [2.45, 2.75) is 12.5 Å². The van der Waals surface area contributed by atoms with E-state index in [0.717, 1.165) is 29.4 Å². The normalized spacial score (nSPS) is 18.4. The Kier molecular flexibility index (Phi) is 2.62. The summed E-state index contributed by atoms with van der Waals surface area (Å²) in [4.78, 5) is 6.24. The molecule has 4 heteroatoms. The highest BCUT2D eigenvalue weighted by atomic mass is 16.3. The summed E-state index contributed by atoms with van der Waals surface area (Å²) in [6.07, 6.45) is 2.69. The van der Waals surface area contributed by atoms with E-state index in [9.17, 15) is 5.11 Å². The second kappa shape index (κ2) is 4.28. The molecule has 1 aliphatic rings. The maximum Gasteiger partial charge on any atom is 0.148 e. The first-order valence-corrected chi connectivity index (χ1v) is 6.00. The molecule has 1 atom stereocenters. The Hall–Kier alpha value is -2.12. The number of hydrogen-bond acceptors (Lipinski definition) is 4. The predicted octanol–water partition coefficient (Wildman–Crippen LogP) is 1.68. The van der Waals surface area contributed by atoms with Crippen molar-refractivity contribution in [2.24, 2.45) is 0 Å². The average molecular weight is 239 g/mol. The van der Waals surface area contributed by atoms with Crippen molar-refractivity contribution in [1.82, 2.24) is 4.98 Å². The van der Waals surface area contributed by atoms with Gasteiger partial charge in [0.15, 0.2) is 0 Å². The van der Waals surface area contributed by atoms with Gasteiger partial charge >= 0.3 is 0 Å². The van der Waals surface area contributed by atoms with Gasteiger partial charge in [-0.1, -0.05) is 0 Å². The third-order valence-corrected chi connectivity index (χ3v) is 3.54. The van der Waals surface area contributed by atoms with Crippen molar-refractivity contribution in [2.75, 3.05) is 18.1 Å². The number of benzene rings is 1. The smallest absolute Gasteiger partial charge is 0.148 e. The van der Waals surface area contributed by atoms with Crippen molar-refractivity contribution < 1.29 is 5.11 Å². The first-order valence-electron chi connectivity index (χ1n) is 6.00. The molecule has 1 aromatic heterocycles. The van der Waals surface area contributed by atoms with Crippen LogP contribution in [-0.4, -0.2) is 29.3 Å². The highest BCUT2D eigenvalue weighted by Crippen LogP contribution is 2.29. The van der Waals surface area contributed by atoms with Crippen molar-refractivity contribution in [1.29, 1.82) is 5.26 Å². The maximum absolute atomic E-state index is 9.22. The molecule has 18 heavy (non-hydrogen) atoms. The molecule has 0 amide bonds. The minimum Gasteiger partial charge on any atom is -0.394 e. The molecule has 0 saturated carbocycles. The van der Waals surface area contributed by atoms with Gasteiger partial charge in [0, 0.05) is 23.8 Å². The lowest BCUT2D eigenvalue weighted by Crippen LogP contribution is -2.50. The van der Waals surface area contributed by atoms with E-state index in [-0.39, 0.29) is 12.6 Å². The van der Waals surface area contributed by atoms with Crippen LogP contribution >= 0.6 is 0 Å². The molecule has 1 aromatic carbocycles. The third-order valence-electron chi connectivity index (χ3n) is 3.54. The quantitative estimate of drug-likeness (QED) is 0.866. The largest absolute Gasteiger partial charge is 0.394 e. The van der Waals surface area contributed by atoms with Gasteiger partial charge in [0.25, 0.3) is 0 Å². The van der Waals surface area contributed by atoms with Crippen LogP contribution < -0.4 is 4.90 Å². The van der Waals surface area contributed by atoms with E-state index in [1.54, 1.807) is 6.20 Å². The van der Waals surface area contributed by atoms with Gasteiger partial charge in [0.1, 0.15) is 11.8 Å². The predicted molar refractivity (Wildman–Crippen MR) is 69.3 cm³/mol. The summed E-state index contributed by atoms with van der Waals surface area (Å²) in [5, 5.41) is 20.1. The van der Waals surface area contributed by atoms with Gasteiger partial charge in [-0.15, -0.1) is 0 Å². The summed E-state index contributed by atoms with van der Waals surface area (Å²) in [6, 6.07) is 10.2. The molecule has 90 valence electrons. The molecule has 2 aromatic rings. The monoisotopic (exact) mass is 239 g/mol. The number of aliphatic hydroxyl groups is 1. The van der Waals surface area contributed by atoms with Crippen molar-refractivity contribution in [3.05, 3.63) is 36.2 Å². The molecular weight excluding hydrogens is 226 g/mol. The van der Waals surface area contributed by atoms with Gasteiger partial charge in [-0.2, -0.15) is 5.26 Å². The SMILES string of the molecule is N#Cc1nccc2cc(N3CC[C@@H]3CO)ccc12. The highest BCUT2D eigenvalue weighted by Gasteiger charge is 2.27. The molecule has 0 aliphatic carbocycles. The number of anilines is 1. The first-order chi connectivity index (χ1) is 8.83. The van der Waals surface area contributed by atoms with E-state index in [4.69, 9.17) is 5.26 Å². The first kappa shape index (κ1) is 11.0.